The monoisotopic (exact) mass is 241 g/mol. The first-order chi connectivity index (χ1) is 8.15. The van der Waals surface area contributed by atoms with Crippen molar-refractivity contribution < 1.29 is 4.39 Å². The molecule has 0 bridgehead atoms. The Labute approximate surface area is 102 Å². The Hall–Kier alpha value is -1.46. The summed E-state index contributed by atoms with van der Waals surface area (Å²) < 4.78 is 13.4. The van der Waals surface area contributed by atoms with E-state index in [9.17, 15) is 4.39 Å². The van der Waals surface area contributed by atoms with Crippen molar-refractivity contribution in [2.75, 3.05) is 36.0 Å². The quantitative estimate of drug-likeness (QED) is 0.758. The highest BCUT2D eigenvalue weighted by Crippen LogP contribution is 2.13. The van der Waals surface area contributed by atoms with Crippen molar-refractivity contribution in [1.82, 2.24) is 15.0 Å². The van der Waals surface area contributed by atoms with Crippen molar-refractivity contribution in [2.24, 2.45) is 0 Å². The molecule has 5 nitrogen and oxygen atoms in total. The Morgan fingerprint density at radius 2 is 1.12 bits per heavy atom. The molecule has 1 aromatic rings. The lowest BCUT2D eigenvalue weighted by Crippen LogP contribution is -2.29. The number of anilines is 2. The number of aromatic nitrogens is 3. The van der Waals surface area contributed by atoms with Crippen LogP contribution in [0.2, 0.25) is 0 Å². The van der Waals surface area contributed by atoms with Crippen molar-refractivity contribution in [1.29, 1.82) is 0 Å². The normalized spacial score (nSPS) is 10.4. The molecule has 0 saturated heterocycles. The standard InChI is InChI=1S/C11H20FN5/c1-5-16(6-2)10-13-9(12)14-11(15-10)17(7-3)8-4/h5-8H2,1-4H3. The van der Waals surface area contributed by atoms with Crippen LogP contribution in [0.25, 0.3) is 0 Å². The lowest BCUT2D eigenvalue weighted by atomic mass is 10.5. The fraction of sp³-hybridized carbons (Fsp3) is 0.727. The highest BCUT2D eigenvalue weighted by atomic mass is 19.1. The smallest absolute Gasteiger partial charge is 0.315 e. The third-order valence-corrected chi connectivity index (χ3v) is 2.68. The van der Waals surface area contributed by atoms with Gasteiger partial charge >= 0.3 is 6.08 Å². The van der Waals surface area contributed by atoms with Gasteiger partial charge in [-0.3, -0.25) is 0 Å². The summed E-state index contributed by atoms with van der Waals surface area (Å²) in [6, 6.07) is 0. The minimum atomic E-state index is -0.719. The van der Waals surface area contributed by atoms with E-state index in [0.29, 0.717) is 11.9 Å². The Morgan fingerprint density at radius 3 is 1.41 bits per heavy atom. The fourth-order valence-electron chi connectivity index (χ4n) is 1.63. The largest absolute Gasteiger partial charge is 0.341 e. The average Bonchev–Trinajstić information content (AvgIpc) is 2.31. The van der Waals surface area contributed by atoms with Crippen LogP contribution in [-0.2, 0) is 0 Å². The highest BCUT2D eigenvalue weighted by Gasteiger charge is 2.13. The molecule has 0 aliphatic heterocycles. The van der Waals surface area contributed by atoms with E-state index in [-0.39, 0.29) is 0 Å². The zero-order valence-corrected chi connectivity index (χ0v) is 10.9. The summed E-state index contributed by atoms with van der Waals surface area (Å²) in [7, 11) is 0. The van der Waals surface area contributed by atoms with E-state index in [0.717, 1.165) is 26.2 Å². The number of rotatable bonds is 6. The van der Waals surface area contributed by atoms with Gasteiger partial charge < -0.3 is 9.80 Å². The molecule has 1 rings (SSSR count). The van der Waals surface area contributed by atoms with Crippen LogP contribution < -0.4 is 9.80 Å². The summed E-state index contributed by atoms with van der Waals surface area (Å²) in [5.41, 5.74) is 0. The molecule has 0 aliphatic rings. The molecule has 0 spiro atoms. The van der Waals surface area contributed by atoms with Crippen LogP contribution in [-0.4, -0.2) is 41.1 Å². The van der Waals surface area contributed by atoms with Gasteiger partial charge in [-0.2, -0.15) is 19.3 Å². The van der Waals surface area contributed by atoms with Crippen LogP contribution in [0.4, 0.5) is 16.3 Å². The summed E-state index contributed by atoms with van der Waals surface area (Å²) in [6.45, 7) is 10.9. The molecule has 0 atom stereocenters. The topological polar surface area (TPSA) is 45.2 Å². The molecule has 0 aromatic carbocycles. The first kappa shape index (κ1) is 13.6. The van der Waals surface area contributed by atoms with Gasteiger partial charge in [-0.15, -0.1) is 0 Å². The van der Waals surface area contributed by atoms with Crippen molar-refractivity contribution in [3.05, 3.63) is 6.08 Å². The van der Waals surface area contributed by atoms with E-state index in [1.165, 1.54) is 0 Å². The lowest BCUT2D eigenvalue weighted by molar-refractivity contribution is 0.527. The first-order valence-corrected chi connectivity index (χ1v) is 6.07. The van der Waals surface area contributed by atoms with Gasteiger partial charge in [0.05, 0.1) is 0 Å². The predicted octanol–water partition coefficient (Wildman–Crippen LogP) is 1.70. The van der Waals surface area contributed by atoms with Gasteiger partial charge in [0, 0.05) is 26.2 Å². The molecule has 0 aliphatic carbocycles. The molecule has 0 unspecified atom stereocenters. The molecular weight excluding hydrogens is 221 g/mol. The number of nitrogens with zero attached hydrogens (tertiary/aromatic N) is 5. The van der Waals surface area contributed by atoms with Crippen LogP contribution in [0, 0.1) is 6.08 Å². The maximum absolute atomic E-state index is 13.4. The van der Waals surface area contributed by atoms with Crippen molar-refractivity contribution in [3.8, 4) is 0 Å². The molecule has 1 heterocycles. The van der Waals surface area contributed by atoms with E-state index in [1.807, 2.05) is 37.5 Å². The third-order valence-electron chi connectivity index (χ3n) is 2.68. The Bertz CT molecular complexity index is 319. The second kappa shape index (κ2) is 6.32. The molecule has 0 amide bonds. The Morgan fingerprint density at radius 1 is 0.765 bits per heavy atom. The summed E-state index contributed by atoms with van der Waals surface area (Å²) >= 11 is 0. The molecule has 0 saturated carbocycles. The average molecular weight is 241 g/mol. The van der Waals surface area contributed by atoms with Gasteiger partial charge in [-0.05, 0) is 27.7 Å². The molecule has 17 heavy (non-hydrogen) atoms. The summed E-state index contributed by atoms with van der Waals surface area (Å²) in [5, 5.41) is 0. The van der Waals surface area contributed by atoms with E-state index in [1.54, 1.807) is 0 Å². The first-order valence-electron chi connectivity index (χ1n) is 6.07. The molecule has 0 fully saturated rings. The van der Waals surface area contributed by atoms with Crippen LogP contribution in [0.15, 0.2) is 0 Å². The van der Waals surface area contributed by atoms with E-state index < -0.39 is 6.08 Å². The predicted molar refractivity (Wildman–Crippen MR) is 66.9 cm³/mol. The second-order valence-corrected chi connectivity index (χ2v) is 3.55. The van der Waals surface area contributed by atoms with Gasteiger partial charge in [-0.1, -0.05) is 0 Å². The van der Waals surface area contributed by atoms with Crippen LogP contribution >= 0.6 is 0 Å². The second-order valence-electron chi connectivity index (χ2n) is 3.55. The summed E-state index contributed by atoms with van der Waals surface area (Å²) in [6.07, 6.45) is -0.719. The van der Waals surface area contributed by atoms with Gasteiger partial charge in [0.1, 0.15) is 0 Å². The van der Waals surface area contributed by atoms with Crippen molar-refractivity contribution in [2.45, 2.75) is 27.7 Å². The maximum atomic E-state index is 13.4. The zero-order valence-electron chi connectivity index (χ0n) is 10.9. The number of halogens is 1. The summed E-state index contributed by atoms with van der Waals surface area (Å²) in [4.78, 5) is 15.6. The summed E-state index contributed by atoms with van der Waals surface area (Å²) in [5.74, 6) is 0.814. The lowest BCUT2D eigenvalue weighted by Gasteiger charge is -2.22. The minimum absolute atomic E-state index is 0.407. The fourth-order valence-corrected chi connectivity index (χ4v) is 1.63. The van der Waals surface area contributed by atoms with Gasteiger partial charge in [0.2, 0.25) is 11.9 Å². The van der Waals surface area contributed by atoms with Crippen LogP contribution in [0.1, 0.15) is 27.7 Å². The number of hydrogen-bond donors (Lipinski definition) is 0. The minimum Gasteiger partial charge on any atom is -0.341 e. The highest BCUT2D eigenvalue weighted by molar-refractivity contribution is 5.37. The molecule has 96 valence electrons. The van der Waals surface area contributed by atoms with Crippen molar-refractivity contribution in [3.63, 3.8) is 0 Å². The van der Waals surface area contributed by atoms with E-state index in [4.69, 9.17) is 0 Å². The molecule has 6 heteroatoms. The van der Waals surface area contributed by atoms with Crippen molar-refractivity contribution >= 4 is 11.9 Å². The molecule has 0 N–H and O–H groups in total. The maximum Gasteiger partial charge on any atom is 0.315 e. The third kappa shape index (κ3) is 3.25. The zero-order chi connectivity index (χ0) is 12.8. The van der Waals surface area contributed by atoms with Crippen LogP contribution in [0.3, 0.4) is 0 Å². The SMILES string of the molecule is CCN(CC)c1nc(F)nc(N(CC)CC)n1. The Balaban J connectivity index is 3.08. The van der Waals surface area contributed by atoms with E-state index >= 15 is 0 Å². The van der Waals surface area contributed by atoms with Gasteiger partial charge in [0.15, 0.2) is 0 Å². The molecule has 1 aromatic heterocycles. The van der Waals surface area contributed by atoms with Gasteiger partial charge in [-0.25, -0.2) is 0 Å². The van der Waals surface area contributed by atoms with E-state index in [2.05, 4.69) is 15.0 Å². The molecule has 0 radical (unpaired) electrons. The molecular formula is C11H20FN5. The Kier molecular flexibility index (Phi) is 5.06. The number of hydrogen-bond acceptors (Lipinski definition) is 5. The van der Waals surface area contributed by atoms with Gasteiger partial charge in [0.25, 0.3) is 0 Å². The van der Waals surface area contributed by atoms with Crippen LogP contribution in [0.5, 0.6) is 0 Å².